The zero-order chi connectivity index (χ0) is 13.3. The van der Waals surface area contributed by atoms with Gasteiger partial charge < -0.3 is 4.57 Å². The molecule has 3 nitrogen and oxygen atoms in total. The molecule has 0 bridgehead atoms. The van der Waals surface area contributed by atoms with Gasteiger partial charge in [-0.05, 0) is 51.1 Å². The third kappa shape index (κ3) is 1.93. The number of ketones is 1. The third-order valence-electron chi connectivity index (χ3n) is 3.07. The summed E-state index contributed by atoms with van der Waals surface area (Å²) in [5, 5.41) is 8.78. The van der Waals surface area contributed by atoms with E-state index in [2.05, 4.69) is 6.07 Å². The Morgan fingerprint density at radius 2 is 1.83 bits per heavy atom. The Hall–Kier alpha value is -2.34. The highest BCUT2D eigenvalue weighted by Crippen LogP contribution is 2.21. The molecule has 90 valence electrons. The molecule has 0 aliphatic heterocycles. The van der Waals surface area contributed by atoms with Gasteiger partial charge in [0, 0.05) is 22.6 Å². The van der Waals surface area contributed by atoms with Crippen LogP contribution in [0.5, 0.6) is 0 Å². The summed E-state index contributed by atoms with van der Waals surface area (Å²) in [4.78, 5) is 11.5. The molecule has 0 amide bonds. The Bertz CT molecular complexity index is 642. The molecule has 0 aliphatic rings. The first-order chi connectivity index (χ1) is 8.54. The summed E-state index contributed by atoms with van der Waals surface area (Å²) in [6.45, 7) is 5.48. The zero-order valence-electron chi connectivity index (χ0n) is 10.7. The molecule has 2 rings (SSSR count). The number of carbonyl (C=O) groups excluding carboxylic acids is 1. The van der Waals surface area contributed by atoms with Crippen molar-refractivity contribution in [1.82, 2.24) is 4.57 Å². The number of nitrogens with zero attached hydrogens (tertiary/aromatic N) is 2. The van der Waals surface area contributed by atoms with Gasteiger partial charge in [-0.15, -0.1) is 0 Å². The average Bonchev–Trinajstić information content (AvgIpc) is 2.65. The maximum atomic E-state index is 11.5. The summed E-state index contributed by atoms with van der Waals surface area (Å²) in [7, 11) is 0. The van der Waals surface area contributed by atoms with Crippen molar-refractivity contribution in [3.05, 3.63) is 52.8 Å². The highest BCUT2D eigenvalue weighted by Gasteiger charge is 2.13. The first-order valence-corrected chi connectivity index (χ1v) is 5.75. The molecule has 18 heavy (non-hydrogen) atoms. The molecule has 0 N–H and O–H groups in total. The fraction of sp³-hybridized carbons (Fsp3) is 0.200. The average molecular weight is 238 g/mol. The minimum Gasteiger partial charge on any atom is -0.318 e. The van der Waals surface area contributed by atoms with E-state index in [4.69, 9.17) is 5.26 Å². The molecule has 3 heteroatoms. The highest BCUT2D eigenvalue weighted by atomic mass is 16.1. The summed E-state index contributed by atoms with van der Waals surface area (Å²) >= 11 is 0. The second kappa shape index (κ2) is 4.50. The van der Waals surface area contributed by atoms with Gasteiger partial charge in [-0.2, -0.15) is 5.26 Å². The van der Waals surface area contributed by atoms with Crippen molar-refractivity contribution in [3.8, 4) is 11.8 Å². The lowest BCUT2D eigenvalue weighted by Gasteiger charge is -2.09. The molecule has 0 radical (unpaired) electrons. The predicted octanol–water partition coefficient (Wildman–Crippen LogP) is 3.17. The molecule has 0 spiro atoms. The monoisotopic (exact) mass is 238 g/mol. The Kier molecular flexibility index (Phi) is 3.03. The van der Waals surface area contributed by atoms with Crippen LogP contribution in [0.4, 0.5) is 0 Å². The van der Waals surface area contributed by atoms with Crippen molar-refractivity contribution < 1.29 is 4.79 Å². The molecule has 2 aromatic rings. The van der Waals surface area contributed by atoms with Crippen LogP contribution in [0.2, 0.25) is 0 Å². The minimum atomic E-state index is 0.0722. The number of aromatic nitrogens is 1. The molecule has 0 saturated heterocycles. The molecule has 0 aliphatic carbocycles. The summed E-state index contributed by atoms with van der Waals surface area (Å²) in [6.07, 6.45) is 0. The quantitative estimate of drug-likeness (QED) is 0.754. The van der Waals surface area contributed by atoms with E-state index in [0.717, 1.165) is 22.6 Å². The molecule has 0 fully saturated rings. The van der Waals surface area contributed by atoms with Gasteiger partial charge in [-0.3, -0.25) is 4.79 Å². The van der Waals surface area contributed by atoms with Gasteiger partial charge in [0.1, 0.15) is 0 Å². The first kappa shape index (κ1) is 12.1. The number of rotatable bonds is 2. The van der Waals surface area contributed by atoms with E-state index in [1.807, 2.05) is 36.6 Å². The van der Waals surface area contributed by atoms with E-state index in [9.17, 15) is 4.79 Å². The predicted molar refractivity (Wildman–Crippen MR) is 70.0 cm³/mol. The van der Waals surface area contributed by atoms with Crippen LogP contribution in [-0.4, -0.2) is 10.4 Å². The number of nitriles is 1. The van der Waals surface area contributed by atoms with Crippen molar-refractivity contribution >= 4 is 5.78 Å². The lowest BCUT2D eigenvalue weighted by atomic mass is 10.2. The van der Waals surface area contributed by atoms with Gasteiger partial charge in [-0.25, -0.2) is 0 Å². The molecular weight excluding hydrogens is 224 g/mol. The van der Waals surface area contributed by atoms with Gasteiger partial charge in [-0.1, -0.05) is 0 Å². The van der Waals surface area contributed by atoms with Gasteiger partial charge in [0.2, 0.25) is 0 Å². The van der Waals surface area contributed by atoms with Crippen LogP contribution in [0.1, 0.15) is 34.2 Å². The summed E-state index contributed by atoms with van der Waals surface area (Å²) in [5.41, 5.74) is 4.30. The molecular formula is C15H14N2O. The fourth-order valence-corrected chi connectivity index (χ4v) is 2.20. The lowest BCUT2D eigenvalue weighted by molar-refractivity contribution is 0.101. The largest absolute Gasteiger partial charge is 0.318 e. The Morgan fingerprint density at radius 1 is 1.22 bits per heavy atom. The molecule has 1 aromatic heterocycles. The van der Waals surface area contributed by atoms with Crippen LogP contribution in [0.3, 0.4) is 0 Å². The van der Waals surface area contributed by atoms with Crippen molar-refractivity contribution in [3.63, 3.8) is 0 Å². The number of hydrogen-bond acceptors (Lipinski definition) is 2. The maximum absolute atomic E-state index is 11.5. The van der Waals surface area contributed by atoms with E-state index >= 15 is 0 Å². The summed E-state index contributed by atoms with van der Waals surface area (Å²) in [6, 6.07) is 11.3. The van der Waals surface area contributed by atoms with E-state index in [1.54, 1.807) is 19.1 Å². The smallest absolute Gasteiger partial charge is 0.161 e. The number of aryl methyl sites for hydroxylation is 1. The second-order valence-corrected chi connectivity index (χ2v) is 4.34. The van der Waals surface area contributed by atoms with Crippen LogP contribution < -0.4 is 0 Å². The topological polar surface area (TPSA) is 45.8 Å². The van der Waals surface area contributed by atoms with Gasteiger partial charge >= 0.3 is 0 Å². The normalized spacial score (nSPS) is 10.1. The van der Waals surface area contributed by atoms with E-state index in [0.29, 0.717) is 5.56 Å². The molecule has 1 aromatic carbocycles. The fourth-order valence-electron chi connectivity index (χ4n) is 2.20. The molecule has 1 heterocycles. The van der Waals surface area contributed by atoms with Crippen molar-refractivity contribution in [2.75, 3.05) is 0 Å². The third-order valence-corrected chi connectivity index (χ3v) is 3.07. The van der Waals surface area contributed by atoms with Gasteiger partial charge in [0.05, 0.1) is 11.6 Å². The van der Waals surface area contributed by atoms with Crippen LogP contribution >= 0.6 is 0 Å². The Labute approximate surface area is 106 Å². The summed E-state index contributed by atoms with van der Waals surface area (Å²) < 4.78 is 2.03. The molecule has 0 unspecified atom stereocenters. The van der Waals surface area contributed by atoms with Crippen LogP contribution in [-0.2, 0) is 0 Å². The van der Waals surface area contributed by atoms with E-state index in [1.165, 1.54) is 0 Å². The number of carbonyl (C=O) groups is 1. The van der Waals surface area contributed by atoms with E-state index in [-0.39, 0.29) is 5.78 Å². The summed E-state index contributed by atoms with van der Waals surface area (Å²) in [5.74, 6) is 0.0722. The SMILES string of the molecule is CC(=O)c1cc(C)n(-c2ccc(C#N)cc2)c1C. The number of hydrogen-bond donors (Lipinski definition) is 0. The van der Waals surface area contributed by atoms with Crippen molar-refractivity contribution in [2.45, 2.75) is 20.8 Å². The van der Waals surface area contributed by atoms with Gasteiger partial charge in [0.25, 0.3) is 0 Å². The standard InChI is InChI=1S/C15H14N2O/c1-10-8-15(12(3)18)11(2)17(10)14-6-4-13(9-16)5-7-14/h4-8H,1-3H3. The first-order valence-electron chi connectivity index (χ1n) is 5.75. The van der Waals surface area contributed by atoms with Crippen LogP contribution in [0.25, 0.3) is 5.69 Å². The zero-order valence-corrected chi connectivity index (χ0v) is 10.7. The number of Topliss-reactive ketones (excluding diaryl/α,β-unsaturated/α-hetero) is 1. The molecule has 0 saturated carbocycles. The van der Waals surface area contributed by atoms with Crippen molar-refractivity contribution in [1.29, 1.82) is 5.26 Å². The Balaban J connectivity index is 2.57. The van der Waals surface area contributed by atoms with E-state index < -0.39 is 0 Å². The van der Waals surface area contributed by atoms with Crippen LogP contribution in [0, 0.1) is 25.2 Å². The highest BCUT2D eigenvalue weighted by molar-refractivity contribution is 5.95. The van der Waals surface area contributed by atoms with Crippen molar-refractivity contribution in [2.24, 2.45) is 0 Å². The minimum absolute atomic E-state index is 0.0722. The Morgan fingerprint density at radius 3 is 2.28 bits per heavy atom. The second-order valence-electron chi connectivity index (χ2n) is 4.34. The van der Waals surface area contributed by atoms with Gasteiger partial charge in [0.15, 0.2) is 5.78 Å². The van der Waals surface area contributed by atoms with Crippen LogP contribution in [0.15, 0.2) is 30.3 Å². The number of benzene rings is 1. The molecule has 0 atom stereocenters. The lowest BCUT2D eigenvalue weighted by Crippen LogP contribution is -2.01. The maximum Gasteiger partial charge on any atom is 0.161 e.